The van der Waals surface area contributed by atoms with Crippen LogP contribution in [0.2, 0.25) is 0 Å². The van der Waals surface area contributed by atoms with Gasteiger partial charge in [0, 0.05) is 5.41 Å². The number of carbonyl (C=O) groups is 3. The molecule has 0 saturated carbocycles. The predicted octanol–water partition coefficient (Wildman–Crippen LogP) is 1.13. The van der Waals surface area contributed by atoms with Crippen molar-refractivity contribution in [2.24, 2.45) is 5.41 Å². The first kappa shape index (κ1) is 16.6. The Morgan fingerprint density at radius 2 is 1.80 bits per heavy atom. The summed E-state index contributed by atoms with van der Waals surface area (Å²) in [7, 11) is 1.27. The van der Waals surface area contributed by atoms with E-state index in [-0.39, 0.29) is 17.6 Å². The van der Waals surface area contributed by atoms with E-state index in [1.165, 1.54) is 18.9 Å². The molecule has 6 heteroatoms. The quantitative estimate of drug-likeness (QED) is 0.574. The maximum Gasteiger partial charge on any atom is 0.331 e. The van der Waals surface area contributed by atoms with E-state index in [1.54, 1.807) is 6.92 Å². The average molecular weight is 285 g/mol. The Morgan fingerprint density at radius 1 is 1.25 bits per heavy atom. The molecule has 0 unspecified atom stereocenters. The smallest absolute Gasteiger partial charge is 0.331 e. The van der Waals surface area contributed by atoms with Gasteiger partial charge in [0.2, 0.25) is 5.91 Å². The van der Waals surface area contributed by atoms with Crippen LogP contribution in [0, 0.1) is 5.41 Å². The third-order valence-electron chi connectivity index (χ3n) is 3.21. The SMILES string of the molecule is COC(=O)[C@@H]1[C@@H](C)O[C@H](C(C)(C)C)N1C(=O)CC(C)=O. The maximum absolute atomic E-state index is 12.3. The van der Waals surface area contributed by atoms with Crippen LogP contribution >= 0.6 is 0 Å². The molecule has 6 nitrogen and oxygen atoms in total. The van der Waals surface area contributed by atoms with Crippen molar-refractivity contribution in [3.05, 3.63) is 0 Å². The number of esters is 1. The summed E-state index contributed by atoms with van der Waals surface area (Å²) >= 11 is 0. The van der Waals surface area contributed by atoms with Crippen LogP contribution in [0.5, 0.6) is 0 Å². The van der Waals surface area contributed by atoms with Crippen LogP contribution in [-0.4, -0.2) is 48.0 Å². The van der Waals surface area contributed by atoms with Crippen molar-refractivity contribution in [1.29, 1.82) is 0 Å². The second-order valence-electron chi connectivity index (χ2n) is 6.21. The predicted molar refractivity (Wildman–Crippen MR) is 71.7 cm³/mol. The van der Waals surface area contributed by atoms with Crippen molar-refractivity contribution in [2.45, 2.75) is 59.4 Å². The zero-order valence-electron chi connectivity index (χ0n) is 12.9. The van der Waals surface area contributed by atoms with Crippen molar-refractivity contribution in [3.8, 4) is 0 Å². The lowest BCUT2D eigenvalue weighted by molar-refractivity contribution is -0.156. The lowest BCUT2D eigenvalue weighted by Gasteiger charge is -2.35. The van der Waals surface area contributed by atoms with Gasteiger partial charge in [0.1, 0.15) is 12.0 Å². The molecule has 1 saturated heterocycles. The van der Waals surface area contributed by atoms with E-state index >= 15 is 0 Å². The van der Waals surface area contributed by atoms with Gasteiger partial charge in [0.05, 0.1) is 19.6 Å². The monoisotopic (exact) mass is 285 g/mol. The third kappa shape index (κ3) is 3.36. The van der Waals surface area contributed by atoms with Gasteiger partial charge in [0.25, 0.3) is 0 Å². The molecular weight excluding hydrogens is 262 g/mol. The summed E-state index contributed by atoms with van der Waals surface area (Å²) < 4.78 is 10.5. The average Bonchev–Trinajstić information content (AvgIpc) is 2.64. The molecule has 114 valence electrons. The van der Waals surface area contributed by atoms with Crippen molar-refractivity contribution in [2.75, 3.05) is 7.11 Å². The molecule has 1 heterocycles. The molecule has 0 N–H and O–H groups in total. The molecule has 0 spiro atoms. The summed E-state index contributed by atoms with van der Waals surface area (Å²) in [5.74, 6) is -1.18. The Bertz CT molecular complexity index is 412. The number of hydrogen-bond donors (Lipinski definition) is 0. The highest BCUT2D eigenvalue weighted by Gasteiger charge is 2.51. The number of ketones is 1. The Balaban J connectivity index is 3.13. The van der Waals surface area contributed by atoms with Crippen LogP contribution in [0.15, 0.2) is 0 Å². The second kappa shape index (κ2) is 5.91. The minimum atomic E-state index is -0.809. The summed E-state index contributed by atoms with van der Waals surface area (Å²) in [6, 6.07) is -0.809. The van der Waals surface area contributed by atoms with E-state index in [2.05, 4.69) is 0 Å². The lowest BCUT2D eigenvalue weighted by atomic mass is 9.93. The van der Waals surface area contributed by atoms with Gasteiger partial charge >= 0.3 is 5.97 Å². The molecule has 0 aromatic rings. The van der Waals surface area contributed by atoms with Gasteiger partial charge < -0.3 is 9.47 Å². The number of carbonyl (C=O) groups excluding carboxylic acids is 3. The summed E-state index contributed by atoms with van der Waals surface area (Å²) in [5.41, 5.74) is -0.372. The summed E-state index contributed by atoms with van der Waals surface area (Å²) in [6.07, 6.45) is -1.27. The van der Waals surface area contributed by atoms with Gasteiger partial charge in [0.15, 0.2) is 6.04 Å². The minimum Gasteiger partial charge on any atom is -0.467 e. The fraction of sp³-hybridized carbons (Fsp3) is 0.786. The summed E-state index contributed by atoms with van der Waals surface area (Å²) in [4.78, 5) is 36.8. The molecule has 0 bridgehead atoms. The summed E-state index contributed by atoms with van der Waals surface area (Å²) in [6.45, 7) is 8.81. The van der Waals surface area contributed by atoms with Crippen molar-refractivity contribution < 1.29 is 23.9 Å². The molecular formula is C14H23NO5. The maximum atomic E-state index is 12.3. The molecule has 1 fully saturated rings. The molecule has 0 aromatic heterocycles. The van der Waals surface area contributed by atoms with Gasteiger partial charge in [-0.1, -0.05) is 20.8 Å². The lowest BCUT2D eigenvalue weighted by Crippen LogP contribution is -2.51. The van der Waals surface area contributed by atoms with E-state index in [1.807, 2.05) is 20.8 Å². The fourth-order valence-electron chi connectivity index (χ4n) is 2.35. The van der Waals surface area contributed by atoms with Gasteiger partial charge in [-0.05, 0) is 13.8 Å². The molecule has 1 aliphatic rings. The Morgan fingerprint density at radius 3 is 2.20 bits per heavy atom. The summed E-state index contributed by atoms with van der Waals surface area (Å²) in [5, 5.41) is 0. The Labute approximate surface area is 119 Å². The Hall–Kier alpha value is -1.43. The number of amides is 1. The Kier molecular flexibility index (Phi) is 4.91. The van der Waals surface area contributed by atoms with Crippen LogP contribution in [0.1, 0.15) is 41.0 Å². The normalized spacial score (nSPS) is 26.5. The zero-order valence-corrected chi connectivity index (χ0v) is 12.9. The second-order valence-corrected chi connectivity index (χ2v) is 6.21. The first-order valence-electron chi connectivity index (χ1n) is 6.63. The molecule has 0 radical (unpaired) electrons. The van der Waals surface area contributed by atoms with E-state index in [4.69, 9.17) is 9.47 Å². The van der Waals surface area contributed by atoms with Crippen LogP contribution in [0.25, 0.3) is 0 Å². The number of ether oxygens (including phenoxy) is 2. The number of rotatable bonds is 3. The number of methoxy groups -OCH3 is 1. The minimum absolute atomic E-state index is 0.240. The fourth-order valence-corrected chi connectivity index (χ4v) is 2.35. The number of nitrogens with zero attached hydrogens (tertiary/aromatic N) is 1. The van der Waals surface area contributed by atoms with E-state index < -0.39 is 30.3 Å². The molecule has 1 amide bonds. The van der Waals surface area contributed by atoms with Crippen LogP contribution < -0.4 is 0 Å². The highest BCUT2D eigenvalue weighted by Crippen LogP contribution is 2.35. The van der Waals surface area contributed by atoms with Crippen molar-refractivity contribution >= 4 is 17.7 Å². The van der Waals surface area contributed by atoms with E-state index in [0.29, 0.717) is 0 Å². The number of hydrogen-bond acceptors (Lipinski definition) is 5. The topological polar surface area (TPSA) is 72.9 Å². The van der Waals surface area contributed by atoms with Crippen molar-refractivity contribution in [1.82, 2.24) is 4.90 Å². The molecule has 3 atom stereocenters. The van der Waals surface area contributed by atoms with Gasteiger partial charge in [-0.2, -0.15) is 0 Å². The largest absolute Gasteiger partial charge is 0.467 e. The molecule has 0 aliphatic carbocycles. The van der Waals surface area contributed by atoms with E-state index in [0.717, 1.165) is 0 Å². The van der Waals surface area contributed by atoms with Crippen molar-refractivity contribution in [3.63, 3.8) is 0 Å². The number of Topliss-reactive ketones (excluding diaryl/α,β-unsaturated/α-hetero) is 1. The zero-order chi connectivity index (χ0) is 15.7. The van der Waals surface area contributed by atoms with Gasteiger partial charge in [-0.15, -0.1) is 0 Å². The molecule has 20 heavy (non-hydrogen) atoms. The van der Waals surface area contributed by atoms with Crippen LogP contribution in [0.4, 0.5) is 0 Å². The highest BCUT2D eigenvalue weighted by molar-refractivity contribution is 5.98. The molecule has 1 rings (SSSR count). The third-order valence-corrected chi connectivity index (χ3v) is 3.21. The van der Waals surface area contributed by atoms with Gasteiger partial charge in [-0.25, -0.2) is 4.79 Å². The molecule has 1 aliphatic heterocycles. The van der Waals surface area contributed by atoms with Crippen LogP contribution in [0.3, 0.4) is 0 Å². The highest BCUT2D eigenvalue weighted by atomic mass is 16.6. The first-order valence-corrected chi connectivity index (χ1v) is 6.63. The first-order chi connectivity index (χ1) is 9.09. The van der Waals surface area contributed by atoms with E-state index in [9.17, 15) is 14.4 Å². The van der Waals surface area contributed by atoms with Crippen LogP contribution in [-0.2, 0) is 23.9 Å². The molecule has 0 aromatic carbocycles. The van der Waals surface area contributed by atoms with Gasteiger partial charge in [-0.3, -0.25) is 14.5 Å². The standard InChI is InChI=1S/C14H23NO5/c1-8(16)7-10(17)15-11(12(18)19-6)9(2)20-13(15)14(3,4)5/h9,11,13H,7H2,1-6H3/t9-,11+,13-/m1/s1.